The Kier molecular flexibility index (Phi) is 2.38. The molecule has 0 saturated carbocycles. The summed E-state index contributed by atoms with van der Waals surface area (Å²) in [5.74, 6) is 0.472. The Morgan fingerprint density at radius 1 is 1.12 bits per heavy atom. The molecule has 3 rings (SSSR count). The monoisotopic (exact) mass is 226 g/mol. The number of hydrogen-bond acceptors (Lipinski definition) is 5. The standard InChI is InChI=1S/C11H10N6/c1-2-4-10-8(3-1)5-6-9(13-10)7-12-11-14-16-17-15-11/h1-6H,7H2,(H2,12,14,15,16,17). The fourth-order valence-electron chi connectivity index (χ4n) is 1.61. The second-order valence-corrected chi connectivity index (χ2v) is 3.58. The summed E-state index contributed by atoms with van der Waals surface area (Å²) in [7, 11) is 0. The first-order valence-corrected chi connectivity index (χ1v) is 5.24. The fraction of sp³-hybridized carbons (Fsp3) is 0.0909. The van der Waals surface area contributed by atoms with Gasteiger partial charge < -0.3 is 5.32 Å². The molecule has 0 aliphatic carbocycles. The van der Waals surface area contributed by atoms with E-state index in [1.165, 1.54) is 0 Å². The third-order valence-corrected chi connectivity index (χ3v) is 2.43. The van der Waals surface area contributed by atoms with E-state index in [-0.39, 0.29) is 0 Å². The molecule has 6 nitrogen and oxygen atoms in total. The predicted molar refractivity (Wildman–Crippen MR) is 63.2 cm³/mol. The highest BCUT2D eigenvalue weighted by molar-refractivity contribution is 5.78. The van der Waals surface area contributed by atoms with Gasteiger partial charge in [0.05, 0.1) is 17.8 Å². The summed E-state index contributed by atoms with van der Waals surface area (Å²) in [6.07, 6.45) is 0. The van der Waals surface area contributed by atoms with Crippen molar-refractivity contribution in [2.45, 2.75) is 6.54 Å². The van der Waals surface area contributed by atoms with Crippen molar-refractivity contribution in [1.29, 1.82) is 0 Å². The minimum Gasteiger partial charge on any atom is -0.346 e. The van der Waals surface area contributed by atoms with Crippen molar-refractivity contribution in [1.82, 2.24) is 25.6 Å². The van der Waals surface area contributed by atoms with Crippen LogP contribution in [0.5, 0.6) is 0 Å². The van der Waals surface area contributed by atoms with Crippen LogP contribution in [0.3, 0.4) is 0 Å². The highest BCUT2D eigenvalue weighted by atomic mass is 15.5. The van der Waals surface area contributed by atoms with Crippen molar-refractivity contribution < 1.29 is 0 Å². The number of pyridine rings is 1. The van der Waals surface area contributed by atoms with Crippen molar-refractivity contribution in [3.63, 3.8) is 0 Å². The van der Waals surface area contributed by atoms with Crippen molar-refractivity contribution in [3.05, 3.63) is 42.1 Å². The smallest absolute Gasteiger partial charge is 0.263 e. The van der Waals surface area contributed by atoms with Crippen LogP contribution >= 0.6 is 0 Å². The number of fused-ring (bicyclic) bond motifs is 1. The van der Waals surface area contributed by atoms with Crippen molar-refractivity contribution in [2.75, 3.05) is 5.32 Å². The Hall–Kier alpha value is -2.50. The second-order valence-electron chi connectivity index (χ2n) is 3.58. The topological polar surface area (TPSA) is 79.4 Å². The molecule has 6 heteroatoms. The van der Waals surface area contributed by atoms with E-state index in [1.807, 2.05) is 30.3 Å². The van der Waals surface area contributed by atoms with Gasteiger partial charge in [-0.15, -0.1) is 5.10 Å². The quantitative estimate of drug-likeness (QED) is 0.705. The molecular weight excluding hydrogens is 216 g/mol. The van der Waals surface area contributed by atoms with Crippen LogP contribution in [-0.4, -0.2) is 25.6 Å². The van der Waals surface area contributed by atoms with E-state index in [2.05, 4.69) is 37.0 Å². The number of aromatic amines is 1. The van der Waals surface area contributed by atoms with Crippen LogP contribution in [0.1, 0.15) is 5.69 Å². The minimum atomic E-state index is 0.472. The van der Waals surface area contributed by atoms with E-state index in [4.69, 9.17) is 0 Å². The Bertz CT molecular complexity index is 619. The summed E-state index contributed by atoms with van der Waals surface area (Å²) in [6, 6.07) is 12.0. The van der Waals surface area contributed by atoms with Crippen molar-refractivity contribution in [2.24, 2.45) is 0 Å². The average Bonchev–Trinajstić information content (AvgIpc) is 2.89. The molecule has 0 fully saturated rings. The molecule has 0 amide bonds. The zero-order valence-electron chi connectivity index (χ0n) is 8.96. The number of anilines is 1. The Morgan fingerprint density at radius 3 is 2.94 bits per heavy atom. The Labute approximate surface area is 97.1 Å². The molecule has 0 bridgehead atoms. The third-order valence-electron chi connectivity index (χ3n) is 2.43. The van der Waals surface area contributed by atoms with E-state index in [0.717, 1.165) is 16.6 Å². The molecule has 1 aromatic carbocycles. The van der Waals surface area contributed by atoms with Gasteiger partial charge in [0.25, 0.3) is 5.95 Å². The number of rotatable bonds is 3. The lowest BCUT2D eigenvalue weighted by atomic mass is 10.2. The van der Waals surface area contributed by atoms with Crippen molar-refractivity contribution in [3.8, 4) is 0 Å². The predicted octanol–water partition coefficient (Wildman–Crippen LogP) is 1.36. The molecule has 3 aromatic rings. The molecule has 17 heavy (non-hydrogen) atoms. The van der Waals surface area contributed by atoms with Crippen LogP contribution in [0.15, 0.2) is 36.4 Å². The maximum atomic E-state index is 4.53. The zero-order chi connectivity index (χ0) is 11.5. The molecule has 0 saturated heterocycles. The SMILES string of the molecule is c1ccc2nc(CNc3nn[nH]n3)ccc2c1. The highest BCUT2D eigenvalue weighted by Crippen LogP contribution is 2.12. The molecular formula is C11H10N6. The van der Waals surface area contributed by atoms with Gasteiger partial charge in [-0.1, -0.05) is 29.4 Å². The van der Waals surface area contributed by atoms with E-state index in [9.17, 15) is 0 Å². The lowest BCUT2D eigenvalue weighted by Gasteiger charge is -2.02. The number of H-pyrrole nitrogens is 1. The van der Waals surface area contributed by atoms with Gasteiger partial charge in [0.15, 0.2) is 0 Å². The van der Waals surface area contributed by atoms with Gasteiger partial charge >= 0.3 is 0 Å². The van der Waals surface area contributed by atoms with E-state index < -0.39 is 0 Å². The average molecular weight is 226 g/mol. The molecule has 2 aromatic heterocycles. The summed E-state index contributed by atoms with van der Waals surface area (Å²) in [5, 5.41) is 17.6. The highest BCUT2D eigenvalue weighted by Gasteiger charge is 2.00. The molecule has 84 valence electrons. The van der Waals surface area contributed by atoms with E-state index >= 15 is 0 Å². The van der Waals surface area contributed by atoms with E-state index in [0.29, 0.717) is 12.5 Å². The number of nitrogens with one attached hydrogen (secondary N) is 2. The number of para-hydroxylation sites is 1. The Morgan fingerprint density at radius 2 is 2.06 bits per heavy atom. The third kappa shape index (κ3) is 2.05. The molecule has 2 N–H and O–H groups in total. The van der Waals surface area contributed by atoms with Gasteiger partial charge in [-0.05, 0) is 17.3 Å². The van der Waals surface area contributed by atoms with Gasteiger partial charge in [0.1, 0.15) is 0 Å². The number of tetrazole rings is 1. The zero-order valence-corrected chi connectivity index (χ0v) is 8.96. The van der Waals surface area contributed by atoms with E-state index in [1.54, 1.807) is 0 Å². The van der Waals surface area contributed by atoms with Gasteiger partial charge in [0.2, 0.25) is 0 Å². The first-order valence-electron chi connectivity index (χ1n) is 5.24. The lowest BCUT2D eigenvalue weighted by molar-refractivity contribution is 0.881. The molecule has 0 aliphatic rings. The molecule has 0 radical (unpaired) electrons. The molecule has 0 spiro atoms. The summed E-state index contributed by atoms with van der Waals surface area (Å²) >= 11 is 0. The first-order chi connectivity index (χ1) is 8.42. The van der Waals surface area contributed by atoms with Crippen LogP contribution in [0.4, 0.5) is 5.95 Å². The molecule has 0 atom stereocenters. The van der Waals surface area contributed by atoms with Crippen LogP contribution in [0, 0.1) is 0 Å². The van der Waals surface area contributed by atoms with Gasteiger partial charge in [-0.2, -0.15) is 5.21 Å². The first kappa shape index (κ1) is 9.71. The second kappa shape index (κ2) is 4.17. The molecule has 2 heterocycles. The number of nitrogens with zero attached hydrogens (tertiary/aromatic N) is 4. The number of hydrogen-bond donors (Lipinski definition) is 2. The van der Waals surface area contributed by atoms with Crippen LogP contribution < -0.4 is 5.32 Å². The number of aromatic nitrogens is 5. The van der Waals surface area contributed by atoms with Crippen LogP contribution in [0.2, 0.25) is 0 Å². The lowest BCUT2D eigenvalue weighted by Crippen LogP contribution is -2.03. The van der Waals surface area contributed by atoms with Gasteiger partial charge in [0, 0.05) is 5.39 Å². The molecule has 0 aliphatic heterocycles. The number of benzene rings is 1. The van der Waals surface area contributed by atoms with Crippen LogP contribution in [-0.2, 0) is 6.54 Å². The minimum absolute atomic E-state index is 0.472. The summed E-state index contributed by atoms with van der Waals surface area (Å²) in [4.78, 5) is 4.53. The van der Waals surface area contributed by atoms with Gasteiger partial charge in [-0.3, -0.25) is 4.98 Å². The maximum Gasteiger partial charge on any atom is 0.263 e. The van der Waals surface area contributed by atoms with Crippen LogP contribution in [0.25, 0.3) is 10.9 Å². The normalized spacial score (nSPS) is 10.6. The summed E-state index contributed by atoms with van der Waals surface area (Å²) in [6.45, 7) is 0.574. The fourth-order valence-corrected chi connectivity index (χ4v) is 1.61. The summed E-state index contributed by atoms with van der Waals surface area (Å²) in [5.41, 5.74) is 1.92. The summed E-state index contributed by atoms with van der Waals surface area (Å²) < 4.78 is 0. The van der Waals surface area contributed by atoms with Crippen molar-refractivity contribution >= 4 is 16.9 Å². The Balaban J connectivity index is 1.81. The van der Waals surface area contributed by atoms with Gasteiger partial charge in [-0.25, -0.2) is 0 Å². The largest absolute Gasteiger partial charge is 0.346 e. The molecule has 0 unspecified atom stereocenters. The maximum absolute atomic E-state index is 4.53.